The Kier molecular flexibility index (Phi) is 3.46. The Labute approximate surface area is 96.6 Å². The average molecular weight is 221 g/mol. The smallest absolute Gasteiger partial charge is 0.0755 e. The number of hydrogen-bond acceptors (Lipinski definition) is 3. The van der Waals surface area contributed by atoms with Gasteiger partial charge in [-0.15, -0.1) is 0 Å². The highest BCUT2D eigenvalue weighted by Gasteiger charge is 2.24. The number of rotatable bonds is 2. The van der Waals surface area contributed by atoms with Crippen molar-refractivity contribution in [1.82, 2.24) is 0 Å². The zero-order valence-corrected chi connectivity index (χ0v) is 9.94. The average Bonchev–Trinajstić information content (AvgIpc) is 2.29. The number of aryl methyl sites for hydroxylation is 2. The van der Waals surface area contributed by atoms with Crippen LogP contribution in [0.15, 0.2) is 18.2 Å². The van der Waals surface area contributed by atoms with Crippen LogP contribution in [0.2, 0.25) is 0 Å². The highest BCUT2D eigenvalue weighted by Crippen LogP contribution is 2.27. The summed E-state index contributed by atoms with van der Waals surface area (Å²) in [7, 11) is 0. The van der Waals surface area contributed by atoms with E-state index in [0.29, 0.717) is 6.61 Å². The number of morpholine rings is 1. The van der Waals surface area contributed by atoms with Crippen LogP contribution in [0.1, 0.15) is 11.1 Å². The van der Waals surface area contributed by atoms with Crippen LogP contribution in [0, 0.1) is 13.8 Å². The van der Waals surface area contributed by atoms with Gasteiger partial charge in [0.2, 0.25) is 0 Å². The first kappa shape index (κ1) is 11.4. The van der Waals surface area contributed by atoms with Crippen molar-refractivity contribution in [2.75, 3.05) is 31.3 Å². The van der Waals surface area contributed by atoms with E-state index in [2.05, 4.69) is 36.9 Å². The fraction of sp³-hybridized carbons (Fsp3) is 0.538. The van der Waals surface area contributed by atoms with E-state index < -0.39 is 0 Å². The summed E-state index contributed by atoms with van der Waals surface area (Å²) in [5.41, 5.74) is 3.78. The number of aliphatic hydroxyl groups is 1. The molecule has 3 heteroatoms. The number of nitrogens with zero attached hydrogens (tertiary/aromatic N) is 1. The predicted octanol–water partition coefficient (Wildman–Crippen LogP) is 1.50. The Morgan fingerprint density at radius 2 is 2.06 bits per heavy atom. The largest absolute Gasteiger partial charge is 0.394 e. The lowest BCUT2D eigenvalue weighted by Crippen LogP contribution is -2.48. The fourth-order valence-corrected chi connectivity index (χ4v) is 2.36. The van der Waals surface area contributed by atoms with Crippen molar-refractivity contribution >= 4 is 5.69 Å². The number of benzene rings is 1. The number of para-hydroxylation sites is 1. The van der Waals surface area contributed by atoms with Gasteiger partial charge in [-0.1, -0.05) is 18.2 Å². The summed E-state index contributed by atoms with van der Waals surface area (Å²) >= 11 is 0. The Bertz CT molecular complexity index is 345. The van der Waals surface area contributed by atoms with Gasteiger partial charge in [0.15, 0.2) is 0 Å². The second kappa shape index (κ2) is 4.85. The molecular weight excluding hydrogens is 202 g/mol. The van der Waals surface area contributed by atoms with Crippen molar-refractivity contribution in [2.45, 2.75) is 19.9 Å². The molecule has 1 unspecified atom stereocenters. The molecule has 1 aromatic rings. The molecule has 16 heavy (non-hydrogen) atoms. The van der Waals surface area contributed by atoms with Crippen LogP contribution in [0.5, 0.6) is 0 Å². The quantitative estimate of drug-likeness (QED) is 0.821. The molecule has 1 heterocycles. The Balaban J connectivity index is 2.34. The molecule has 0 saturated carbocycles. The van der Waals surface area contributed by atoms with Crippen molar-refractivity contribution in [2.24, 2.45) is 0 Å². The Morgan fingerprint density at radius 1 is 1.38 bits per heavy atom. The molecule has 0 radical (unpaired) electrons. The van der Waals surface area contributed by atoms with E-state index >= 15 is 0 Å². The third-order valence-corrected chi connectivity index (χ3v) is 3.16. The molecule has 88 valence electrons. The first-order chi connectivity index (χ1) is 7.74. The van der Waals surface area contributed by atoms with Crippen molar-refractivity contribution < 1.29 is 9.84 Å². The molecule has 1 aliphatic rings. The van der Waals surface area contributed by atoms with Gasteiger partial charge in [0.25, 0.3) is 0 Å². The second-order valence-corrected chi connectivity index (χ2v) is 4.35. The van der Waals surface area contributed by atoms with Gasteiger partial charge in [-0.3, -0.25) is 0 Å². The predicted molar refractivity (Wildman–Crippen MR) is 65.0 cm³/mol. The summed E-state index contributed by atoms with van der Waals surface area (Å²) < 4.78 is 5.40. The topological polar surface area (TPSA) is 32.7 Å². The molecule has 3 nitrogen and oxygen atoms in total. The highest BCUT2D eigenvalue weighted by atomic mass is 16.5. The van der Waals surface area contributed by atoms with Crippen molar-refractivity contribution in [3.05, 3.63) is 29.3 Å². The van der Waals surface area contributed by atoms with Gasteiger partial charge in [-0.25, -0.2) is 0 Å². The number of ether oxygens (including phenoxy) is 1. The number of aliphatic hydroxyl groups excluding tert-OH is 1. The molecule has 0 spiro atoms. The molecule has 2 rings (SSSR count). The van der Waals surface area contributed by atoms with Crippen molar-refractivity contribution in [3.8, 4) is 0 Å². The maximum absolute atomic E-state index is 9.38. The van der Waals surface area contributed by atoms with Crippen LogP contribution in [0.25, 0.3) is 0 Å². The minimum Gasteiger partial charge on any atom is -0.394 e. The SMILES string of the molecule is Cc1cccc(C)c1N1CCOCC1CO. The molecule has 1 aliphatic heterocycles. The Morgan fingerprint density at radius 3 is 2.69 bits per heavy atom. The van der Waals surface area contributed by atoms with Crippen molar-refractivity contribution in [1.29, 1.82) is 0 Å². The van der Waals surface area contributed by atoms with Crippen LogP contribution in [0.3, 0.4) is 0 Å². The monoisotopic (exact) mass is 221 g/mol. The summed E-state index contributed by atoms with van der Waals surface area (Å²) in [6, 6.07) is 6.40. The molecule has 0 bridgehead atoms. The Hall–Kier alpha value is -1.06. The van der Waals surface area contributed by atoms with Gasteiger partial charge < -0.3 is 14.7 Å². The molecule has 0 aromatic heterocycles. The summed E-state index contributed by atoms with van der Waals surface area (Å²) in [4.78, 5) is 2.27. The minimum absolute atomic E-state index is 0.0912. The van der Waals surface area contributed by atoms with E-state index in [1.54, 1.807) is 0 Å². The second-order valence-electron chi connectivity index (χ2n) is 4.35. The van der Waals surface area contributed by atoms with E-state index in [4.69, 9.17) is 4.74 Å². The van der Waals surface area contributed by atoms with Gasteiger partial charge in [-0.05, 0) is 25.0 Å². The highest BCUT2D eigenvalue weighted by molar-refractivity contribution is 5.59. The molecule has 1 saturated heterocycles. The van der Waals surface area contributed by atoms with Crippen molar-refractivity contribution in [3.63, 3.8) is 0 Å². The molecule has 0 amide bonds. The first-order valence-corrected chi connectivity index (χ1v) is 5.75. The van der Waals surface area contributed by atoms with E-state index in [0.717, 1.165) is 13.2 Å². The third-order valence-electron chi connectivity index (χ3n) is 3.16. The number of hydrogen-bond donors (Lipinski definition) is 1. The van der Waals surface area contributed by atoms with E-state index in [9.17, 15) is 5.11 Å². The van der Waals surface area contributed by atoms with Gasteiger partial charge in [0.05, 0.1) is 25.9 Å². The molecule has 1 N–H and O–H groups in total. The maximum Gasteiger partial charge on any atom is 0.0755 e. The lowest BCUT2D eigenvalue weighted by molar-refractivity contribution is 0.0726. The van der Waals surface area contributed by atoms with Crippen LogP contribution in [-0.4, -0.2) is 37.5 Å². The zero-order valence-electron chi connectivity index (χ0n) is 9.94. The third kappa shape index (κ3) is 2.06. The standard InChI is InChI=1S/C13H19NO2/c1-10-4-3-5-11(2)13(10)14-6-7-16-9-12(14)8-15/h3-5,12,15H,6-9H2,1-2H3. The molecule has 1 atom stereocenters. The van der Waals surface area contributed by atoms with E-state index in [1.807, 2.05) is 0 Å². The minimum atomic E-state index is 0.0912. The fourth-order valence-electron chi connectivity index (χ4n) is 2.36. The van der Waals surface area contributed by atoms with Crippen LogP contribution in [-0.2, 0) is 4.74 Å². The van der Waals surface area contributed by atoms with Crippen LogP contribution in [0.4, 0.5) is 5.69 Å². The molecular formula is C13H19NO2. The molecule has 1 fully saturated rings. The van der Waals surface area contributed by atoms with Gasteiger partial charge in [-0.2, -0.15) is 0 Å². The van der Waals surface area contributed by atoms with Gasteiger partial charge in [0.1, 0.15) is 0 Å². The van der Waals surface area contributed by atoms with Gasteiger partial charge >= 0.3 is 0 Å². The lowest BCUT2D eigenvalue weighted by atomic mass is 10.1. The maximum atomic E-state index is 9.38. The summed E-state index contributed by atoms with van der Waals surface area (Å²) in [5, 5.41) is 9.38. The van der Waals surface area contributed by atoms with Crippen LogP contribution < -0.4 is 4.90 Å². The molecule has 0 aliphatic carbocycles. The summed E-state index contributed by atoms with van der Waals surface area (Å²) in [6.07, 6.45) is 0. The van der Waals surface area contributed by atoms with E-state index in [1.165, 1.54) is 16.8 Å². The molecule has 1 aromatic carbocycles. The number of anilines is 1. The first-order valence-electron chi connectivity index (χ1n) is 5.75. The normalized spacial score (nSPS) is 21.2. The zero-order chi connectivity index (χ0) is 11.5. The van der Waals surface area contributed by atoms with Crippen LogP contribution >= 0.6 is 0 Å². The lowest BCUT2D eigenvalue weighted by Gasteiger charge is -2.38. The summed E-state index contributed by atoms with van der Waals surface area (Å²) in [6.45, 7) is 6.59. The van der Waals surface area contributed by atoms with Gasteiger partial charge in [0, 0.05) is 12.2 Å². The summed E-state index contributed by atoms with van der Waals surface area (Å²) in [5.74, 6) is 0. The van der Waals surface area contributed by atoms with E-state index in [-0.39, 0.29) is 12.6 Å².